The van der Waals surface area contributed by atoms with Crippen LogP contribution in [0.1, 0.15) is 53.4 Å². The molecule has 3 atom stereocenters. The molecule has 1 N–H and O–H groups in total. The summed E-state index contributed by atoms with van der Waals surface area (Å²) in [6.07, 6.45) is -1.46. The van der Waals surface area contributed by atoms with Gasteiger partial charge in [-0.2, -0.15) is 13.2 Å². The minimum absolute atomic E-state index is 0.000347. The molecule has 3 unspecified atom stereocenters. The first-order valence-electron chi connectivity index (χ1n) is 6.49. The second-order valence-corrected chi connectivity index (χ2v) is 6.21. The van der Waals surface area contributed by atoms with E-state index in [2.05, 4.69) is 26.1 Å². The summed E-state index contributed by atoms with van der Waals surface area (Å²) in [5.41, 5.74) is 0.0728. The quantitative estimate of drug-likeness (QED) is 0.778. The van der Waals surface area contributed by atoms with E-state index < -0.39 is 12.2 Å². The summed E-state index contributed by atoms with van der Waals surface area (Å²) in [6, 6.07) is -1.31. The van der Waals surface area contributed by atoms with Crippen LogP contribution in [-0.2, 0) is 0 Å². The van der Waals surface area contributed by atoms with Crippen molar-refractivity contribution in [1.82, 2.24) is 5.32 Å². The summed E-state index contributed by atoms with van der Waals surface area (Å²) < 4.78 is 38.1. The number of alkyl halides is 3. The largest absolute Gasteiger partial charge is 0.403 e. The van der Waals surface area contributed by atoms with Crippen molar-refractivity contribution >= 4 is 0 Å². The topological polar surface area (TPSA) is 12.0 Å². The second kappa shape index (κ2) is 5.17. The SMILES string of the molecule is CCCC1NC(C(F)(F)F)CCC1C(C)(C)C. The Morgan fingerprint density at radius 1 is 1.12 bits per heavy atom. The van der Waals surface area contributed by atoms with Crippen molar-refractivity contribution < 1.29 is 13.2 Å². The third kappa shape index (κ3) is 3.87. The Balaban J connectivity index is 2.74. The first-order chi connectivity index (χ1) is 7.66. The van der Waals surface area contributed by atoms with Crippen LogP contribution in [-0.4, -0.2) is 18.3 Å². The highest BCUT2D eigenvalue weighted by Gasteiger charge is 2.46. The maximum atomic E-state index is 12.7. The lowest BCUT2D eigenvalue weighted by atomic mass is 9.70. The van der Waals surface area contributed by atoms with Gasteiger partial charge in [-0.1, -0.05) is 34.1 Å². The van der Waals surface area contributed by atoms with E-state index in [4.69, 9.17) is 0 Å². The van der Waals surface area contributed by atoms with Gasteiger partial charge < -0.3 is 5.32 Å². The summed E-state index contributed by atoms with van der Waals surface area (Å²) >= 11 is 0. The molecule has 17 heavy (non-hydrogen) atoms. The van der Waals surface area contributed by atoms with E-state index in [9.17, 15) is 13.2 Å². The van der Waals surface area contributed by atoms with Gasteiger partial charge in [0.15, 0.2) is 0 Å². The average Bonchev–Trinajstić information content (AvgIpc) is 2.15. The van der Waals surface area contributed by atoms with Gasteiger partial charge in [0.2, 0.25) is 0 Å². The molecular weight excluding hydrogens is 227 g/mol. The maximum absolute atomic E-state index is 12.7. The molecule has 0 aromatic rings. The third-order valence-corrected chi connectivity index (χ3v) is 3.77. The highest BCUT2D eigenvalue weighted by Crippen LogP contribution is 2.40. The van der Waals surface area contributed by atoms with Crippen LogP contribution in [0.5, 0.6) is 0 Å². The Kier molecular flexibility index (Phi) is 4.50. The summed E-state index contributed by atoms with van der Waals surface area (Å²) in [7, 11) is 0. The normalized spacial score (nSPS) is 31.6. The fourth-order valence-electron chi connectivity index (χ4n) is 2.90. The second-order valence-electron chi connectivity index (χ2n) is 6.21. The molecule has 1 heterocycles. The van der Waals surface area contributed by atoms with E-state index in [0.717, 1.165) is 12.8 Å². The maximum Gasteiger partial charge on any atom is 0.403 e. The molecule has 1 aliphatic heterocycles. The van der Waals surface area contributed by atoms with Crippen molar-refractivity contribution in [2.75, 3.05) is 0 Å². The Bertz CT molecular complexity index is 242. The lowest BCUT2D eigenvalue weighted by molar-refractivity contribution is -0.168. The van der Waals surface area contributed by atoms with E-state index in [-0.39, 0.29) is 17.9 Å². The van der Waals surface area contributed by atoms with Gasteiger partial charge in [0.05, 0.1) is 0 Å². The predicted molar refractivity (Wildman–Crippen MR) is 63.9 cm³/mol. The van der Waals surface area contributed by atoms with Crippen molar-refractivity contribution in [3.05, 3.63) is 0 Å². The van der Waals surface area contributed by atoms with Gasteiger partial charge in [0.1, 0.15) is 6.04 Å². The predicted octanol–water partition coefficient (Wildman–Crippen LogP) is 4.13. The van der Waals surface area contributed by atoms with Crippen molar-refractivity contribution in [3.63, 3.8) is 0 Å². The zero-order valence-electron chi connectivity index (χ0n) is 11.2. The molecule has 0 amide bonds. The summed E-state index contributed by atoms with van der Waals surface area (Å²) in [5, 5.41) is 2.83. The van der Waals surface area contributed by atoms with Crippen LogP contribution in [0.4, 0.5) is 13.2 Å². The van der Waals surface area contributed by atoms with E-state index in [1.165, 1.54) is 0 Å². The van der Waals surface area contributed by atoms with Crippen molar-refractivity contribution in [2.24, 2.45) is 11.3 Å². The molecule has 102 valence electrons. The van der Waals surface area contributed by atoms with E-state index >= 15 is 0 Å². The Hall–Kier alpha value is -0.250. The number of rotatable bonds is 2. The van der Waals surface area contributed by atoms with Crippen LogP contribution in [0.15, 0.2) is 0 Å². The molecule has 0 spiro atoms. The Morgan fingerprint density at radius 3 is 2.12 bits per heavy atom. The summed E-state index contributed by atoms with van der Waals surface area (Å²) in [5.74, 6) is 0.334. The number of hydrogen-bond acceptors (Lipinski definition) is 1. The van der Waals surface area contributed by atoms with Crippen LogP contribution < -0.4 is 5.32 Å². The molecule has 1 fully saturated rings. The van der Waals surface area contributed by atoms with E-state index in [1.807, 2.05) is 6.92 Å². The Morgan fingerprint density at radius 2 is 1.71 bits per heavy atom. The number of nitrogens with one attached hydrogen (secondary N) is 1. The van der Waals surface area contributed by atoms with Gasteiger partial charge in [-0.05, 0) is 30.6 Å². The highest BCUT2D eigenvalue weighted by molar-refractivity contribution is 4.94. The van der Waals surface area contributed by atoms with Crippen molar-refractivity contribution in [3.8, 4) is 0 Å². The zero-order valence-corrected chi connectivity index (χ0v) is 11.2. The zero-order chi connectivity index (χ0) is 13.3. The molecule has 1 saturated heterocycles. The van der Waals surface area contributed by atoms with Crippen molar-refractivity contribution in [1.29, 1.82) is 0 Å². The van der Waals surface area contributed by atoms with Gasteiger partial charge in [-0.3, -0.25) is 0 Å². The molecule has 4 heteroatoms. The number of piperidine rings is 1. The van der Waals surface area contributed by atoms with E-state index in [1.54, 1.807) is 0 Å². The first kappa shape index (κ1) is 14.8. The van der Waals surface area contributed by atoms with Gasteiger partial charge in [0, 0.05) is 6.04 Å². The van der Waals surface area contributed by atoms with Gasteiger partial charge in [0.25, 0.3) is 0 Å². The average molecular weight is 251 g/mol. The van der Waals surface area contributed by atoms with Crippen LogP contribution >= 0.6 is 0 Å². The summed E-state index contributed by atoms with van der Waals surface area (Å²) in [4.78, 5) is 0. The lowest BCUT2D eigenvalue weighted by Gasteiger charge is -2.44. The molecule has 1 rings (SSSR count). The minimum Gasteiger partial charge on any atom is -0.303 e. The number of hydrogen-bond donors (Lipinski definition) is 1. The smallest absolute Gasteiger partial charge is 0.303 e. The summed E-state index contributed by atoms with van der Waals surface area (Å²) in [6.45, 7) is 8.39. The molecule has 0 aliphatic carbocycles. The molecule has 0 radical (unpaired) electrons. The van der Waals surface area contributed by atoms with Gasteiger partial charge in [-0.25, -0.2) is 0 Å². The monoisotopic (exact) mass is 251 g/mol. The minimum atomic E-state index is -4.10. The molecule has 1 nitrogen and oxygen atoms in total. The Labute approximate surface area is 102 Å². The first-order valence-corrected chi connectivity index (χ1v) is 6.49. The van der Waals surface area contributed by atoms with Crippen molar-refractivity contribution in [2.45, 2.75) is 71.6 Å². The highest BCUT2D eigenvalue weighted by atomic mass is 19.4. The molecule has 0 aromatic carbocycles. The van der Waals surface area contributed by atoms with Gasteiger partial charge in [-0.15, -0.1) is 0 Å². The molecule has 1 aliphatic rings. The fraction of sp³-hybridized carbons (Fsp3) is 1.00. The molecular formula is C13H24F3N. The van der Waals surface area contributed by atoms with Crippen LogP contribution in [0, 0.1) is 11.3 Å². The molecule has 0 aromatic heterocycles. The number of halogens is 3. The third-order valence-electron chi connectivity index (χ3n) is 3.77. The molecule has 0 bridgehead atoms. The van der Waals surface area contributed by atoms with Crippen LogP contribution in [0.2, 0.25) is 0 Å². The van der Waals surface area contributed by atoms with Crippen LogP contribution in [0.25, 0.3) is 0 Å². The lowest BCUT2D eigenvalue weighted by Crippen LogP contribution is -2.56. The van der Waals surface area contributed by atoms with E-state index in [0.29, 0.717) is 12.3 Å². The fourth-order valence-corrected chi connectivity index (χ4v) is 2.90. The standard InChI is InChI=1S/C13H24F3N/c1-5-6-10-9(12(2,3)4)7-8-11(17-10)13(14,15)16/h9-11,17H,5-8H2,1-4H3. The van der Waals surface area contributed by atoms with Crippen LogP contribution in [0.3, 0.4) is 0 Å². The molecule has 0 saturated carbocycles. The van der Waals surface area contributed by atoms with Gasteiger partial charge >= 0.3 is 6.18 Å².